The first-order chi connectivity index (χ1) is 8.46. The van der Waals surface area contributed by atoms with E-state index in [9.17, 15) is 8.42 Å². The molecule has 1 atom stereocenters. The second-order valence-corrected chi connectivity index (χ2v) is 6.10. The zero-order valence-electron chi connectivity index (χ0n) is 10.7. The van der Waals surface area contributed by atoms with Crippen molar-refractivity contribution >= 4 is 10.0 Å². The highest BCUT2D eigenvalue weighted by molar-refractivity contribution is 7.89. The van der Waals surface area contributed by atoms with Crippen LogP contribution in [0.1, 0.15) is 12.5 Å². The summed E-state index contributed by atoms with van der Waals surface area (Å²) in [5, 5.41) is 0. The first kappa shape index (κ1) is 13.3. The third-order valence-corrected chi connectivity index (χ3v) is 4.95. The maximum Gasteiger partial charge on any atom is 0.249 e. The number of hydrogen-bond acceptors (Lipinski definition) is 4. The molecule has 5 nitrogen and oxygen atoms in total. The summed E-state index contributed by atoms with van der Waals surface area (Å²) in [5.41, 5.74) is 0.877. The molecule has 0 aliphatic carbocycles. The van der Waals surface area contributed by atoms with Gasteiger partial charge in [-0.2, -0.15) is 4.31 Å². The molecular formula is C12H17NO4S. The predicted octanol–water partition coefficient (Wildman–Crippen LogP) is 1.37. The molecule has 0 N–H and O–H groups in total. The Morgan fingerprint density at radius 3 is 2.72 bits per heavy atom. The van der Waals surface area contributed by atoms with Gasteiger partial charge in [0.2, 0.25) is 10.0 Å². The monoisotopic (exact) mass is 271 g/mol. The Kier molecular flexibility index (Phi) is 3.61. The smallest absolute Gasteiger partial charge is 0.249 e. The highest BCUT2D eigenvalue weighted by atomic mass is 32.2. The Bertz CT molecular complexity index is 541. The molecule has 100 valence electrons. The van der Waals surface area contributed by atoms with Crippen LogP contribution in [0, 0.1) is 6.92 Å². The number of benzene rings is 1. The molecule has 0 spiro atoms. The van der Waals surface area contributed by atoms with Crippen LogP contribution in [0.25, 0.3) is 0 Å². The minimum atomic E-state index is -3.57. The van der Waals surface area contributed by atoms with Crippen molar-refractivity contribution in [1.29, 1.82) is 0 Å². The third kappa shape index (κ3) is 2.23. The molecule has 1 aromatic rings. The number of aryl methyl sites for hydroxylation is 1. The van der Waals surface area contributed by atoms with Gasteiger partial charge in [-0.15, -0.1) is 0 Å². The van der Waals surface area contributed by atoms with Crippen molar-refractivity contribution in [3.8, 4) is 5.75 Å². The molecule has 0 aromatic heterocycles. The van der Waals surface area contributed by atoms with E-state index in [4.69, 9.17) is 9.47 Å². The molecule has 0 amide bonds. The Labute approximate surface area is 107 Å². The highest BCUT2D eigenvalue weighted by Crippen LogP contribution is 2.30. The summed E-state index contributed by atoms with van der Waals surface area (Å²) in [4.78, 5) is 0.197. The number of rotatable bonds is 3. The van der Waals surface area contributed by atoms with Crippen molar-refractivity contribution in [2.75, 3.05) is 20.3 Å². The van der Waals surface area contributed by atoms with E-state index in [1.165, 1.54) is 11.4 Å². The molecule has 1 aliphatic heterocycles. The van der Waals surface area contributed by atoms with Crippen molar-refractivity contribution in [2.24, 2.45) is 0 Å². The fraction of sp³-hybridized carbons (Fsp3) is 0.500. The minimum absolute atomic E-state index is 0.197. The van der Waals surface area contributed by atoms with Gasteiger partial charge in [0, 0.05) is 6.54 Å². The van der Waals surface area contributed by atoms with Crippen LogP contribution in [0.15, 0.2) is 23.1 Å². The predicted molar refractivity (Wildman–Crippen MR) is 67.0 cm³/mol. The quantitative estimate of drug-likeness (QED) is 0.833. The summed E-state index contributed by atoms with van der Waals surface area (Å²) < 4.78 is 36.9. The summed E-state index contributed by atoms with van der Waals surface area (Å²) in [6.45, 7) is 4.38. The van der Waals surface area contributed by atoms with E-state index in [2.05, 4.69) is 0 Å². The van der Waals surface area contributed by atoms with Gasteiger partial charge < -0.3 is 9.47 Å². The van der Waals surface area contributed by atoms with Gasteiger partial charge in [-0.3, -0.25) is 0 Å². The molecule has 6 heteroatoms. The first-order valence-corrected chi connectivity index (χ1v) is 7.19. The summed E-state index contributed by atoms with van der Waals surface area (Å²) in [6, 6.07) is 5.12. The molecule has 2 rings (SSSR count). The van der Waals surface area contributed by atoms with Gasteiger partial charge in [0.15, 0.2) is 0 Å². The number of nitrogens with zero attached hydrogens (tertiary/aromatic N) is 1. The molecule has 1 unspecified atom stereocenters. The van der Waals surface area contributed by atoms with Crippen LogP contribution in [0.4, 0.5) is 0 Å². The van der Waals surface area contributed by atoms with E-state index in [0.29, 0.717) is 18.9 Å². The van der Waals surface area contributed by atoms with E-state index >= 15 is 0 Å². The van der Waals surface area contributed by atoms with Gasteiger partial charge >= 0.3 is 0 Å². The van der Waals surface area contributed by atoms with E-state index in [0.717, 1.165) is 5.56 Å². The highest BCUT2D eigenvalue weighted by Gasteiger charge is 2.35. The maximum absolute atomic E-state index is 12.5. The Morgan fingerprint density at radius 1 is 1.44 bits per heavy atom. The molecule has 0 saturated carbocycles. The second kappa shape index (κ2) is 4.87. The van der Waals surface area contributed by atoms with Crippen LogP contribution >= 0.6 is 0 Å². The molecule has 1 aromatic carbocycles. The van der Waals surface area contributed by atoms with Gasteiger partial charge in [0.25, 0.3) is 0 Å². The Morgan fingerprint density at radius 2 is 2.17 bits per heavy atom. The number of methoxy groups -OCH3 is 1. The molecule has 1 fully saturated rings. The first-order valence-electron chi connectivity index (χ1n) is 5.75. The lowest BCUT2D eigenvalue weighted by Crippen LogP contribution is -2.34. The Balaban J connectivity index is 2.49. The summed E-state index contributed by atoms with van der Waals surface area (Å²) in [5.74, 6) is 0.361. The Hall–Kier alpha value is -1.11. The van der Waals surface area contributed by atoms with Gasteiger partial charge in [0.05, 0.1) is 13.7 Å². The van der Waals surface area contributed by atoms with Crippen molar-refractivity contribution < 1.29 is 17.9 Å². The van der Waals surface area contributed by atoms with Crippen LogP contribution < -0.4 is 4.74 Å². The molecule has 18 heavy (non-hydrogen) atoms. The normalized spacial score (nSPS) is 21.2. The zero-order valence-corrected chi connectivity index (χ0v) is 11.5. The van der Waals surface area contributed by atoms with Crippen LogP contribution in [-0.2, 0) is 14.8 Å². The van der Waals surface area contributed by atoms with Gasteiger partial charge in [-0.25, -0.2) is 8.42 Å². The van der Waals surface area contributed by atoms with Crippen LogP contribution in [-0.4, -0.2) is 39.2 Å². The molecule has 0 bridgehead atoms. The molecular weight excluding hydrogens is 254 g/mol. The number of sulfonamides is 1. The van der Waals surface area contributed by atoms with Crippen molar-refractivity contribution in [3.05, 3.63) is 23.8 Å². The van der Waals surface area contributed by atoms with E-state index < -0.39 is 16.3 Å². The average molecular weight is 271 g/mol. The van der Waals surface area contributed by atoms with E-state index in [-0.39, 0.29) is 4.90 Å². The molecule has 1 heterocycles. The zero-order chi connectivity index (χ0) is 13.3. The molecule has 1 saturated heterocycles. The number of ether oxygens (including phenoxy) is 2. The standard InChI is InChI=1S/C12H17NO4S/c1-9-4-5-11(16-3)12(8-9)18(14,15)13-6-7-17-10(13)2/h4-5,8,10H,6-7H2,1-3H3. The fourth-order valence-electron chi connectivity index (χ4n) is 2.01. The van der Waals surface area contributed by atoms with E-state index in [1.807, 2.05) is 13.0 Å². The van der Waals surface area contributed by atoms with Crippen LogP contribution in [0.2, 0.25) is 0 Å². The lowest BCUT2D eigenvalue weighted by atomic mass is 10.2. The number of hydrogen-bond donors (Lipinski definition) is 0. The van der Waals surface area contributed by atoms with Crippen molar-refractivity contribution in [1.82, 2.24) is 4.31 Å². The van der Waals surface area contributed by atoms with Crippen LogP contribution in [0.3, 0.4) is 0 Å². The largest absolute Gasteiger partial charge is 0.495 e. The van der Waals surface area contributed by atoms with Gasteiger partial charge in [0.1, 0.15) is 16.9 Å². The van der Waals surface area contributed by atoms with Crippen molar-refractivity contribution in [3.63, 3.8) is 0 Å². The third-order valence-electron chi connectivity index (χ3n) is 2.98. The summed E-state index contributed by atoms with van der Waals surface area (Å²) in [7, 11) is -2.10. The average Bonchev–Trinajstić information content (AvgIpc) is 2.76. The second-order valence-electron chi connectivity index (χ2n) is 4.24. The summed E-state index contributed by atoms with van der Waals surface area (Å²) in [6.07, 6.45) is -0.430. The van der Waals surface area contributed by atoms with Gasteiger partial charge in [-0.05, 0) is 31.5 Å². The van der Waals surface area contributed by atoms with Crippen LogP contribution in [0.5, 0.6) is 5.75 Å². The lowest BCUT2D eigenvalue weighted by molar-refractivity contribution is 0.0846. The SMILES string of the molecule is COc1ccc(C)cc1S(=O)(=O)N1CCOC1C. The topological polar surface area (TPSA) is 55.8 Å². The maximum atomic E-state index is 12.5. The molecule has 1 aliphatic rings. The molecule has 0 radical (unpaired) electrons. The van der Waals surface area contributed by atoms with E-state index in [1.54, 1.807) is 19.1 Å². The lowest BCUT2D eigenvalue weighted by Gasteiger charge is -2.20. The minimum Gasteiger partial charge on any atom is -0.495 e. The fourth-order valence-corrected chi connectivity index (χ4v) is 3.77. The van der Waals surface area contributed by atoms with Gasteiger partial charge in [-0.1, -0.05) is 6.07 Å². The van der Waals surface area contributed by atoms with Crippen molar-refractivity contribution in [2.45, 2.75) is 25.0 Å². The summed E-state index contributed by atoms with van der Waals surface area (Å²) >= 11 is 0.